The molecular weight excluding hydrogens is 305 g/mol. The normalized spacial score (nSPS) is 15.8. The van der Waals surface area contributed by atoms with E-state index in [1.165, 1.54) is 0 Å². The topological polar surface area (TPSA) is 29.1 Å². The Hall–Kier alpha value is -1.51. The quantitative estimate of drug-likeness (QED) is 0.780. The van der Waals surface area contributed by atoms with Gasteiger partial charge in [-0.15, -0.1) is 11.6 Å². The average Bonchev–Trinajstić information content (AvgIpc) is 2.66. The first-order valence-corrected chi connectivity index (χ1v) is 7.77. The smallest absolute Gasteiger partial charge is 0.224 e. The molecule has 2 aromatic carbocycles. The van der Waals surface area contributed by atoms with Crippen LogP contribution in [0.15, 0.2) is 42.5 Å². The summed E-state index contributed by atoms with van der Waals surface area (Å²) in [6, 6.07) is 13.6. The Morgan fingerprint density at radius 3 is 2.67 bits per heavy atom. The van der Waals surface area contributed by atoms with Crippen molar-refractivity contribution in [3.63, 3.8) is 0 Å². The van der Waals surface area contributed by atoms with Gasteiger partial charge in [-0.25, -0.2) is 0 Å². The van der Waals surface area contributed by atoms with E-state index in [1.54, 1.807) is 0 Å². The Balaban J connectivity index is 1.93. The zero-order chi connectivity index (χ0) is 14.8. The summed E-state index contributed by atoms with van der Waals surface area (Å²) in [4.78, 5) is 11.6. The largest absolute Gasteiger partial charge is 0.326 e. The summed E-state index contributed by atoms with van der Waals surface area (Å²) >= 11 is 12.6. The Labute approximate surface area is 134 Å². The standard InChI is InChI=1S/C17H15Cl2NO/c18-14-5-1-4-12(10-14)17(19)13-7-8-15-11(9-13)3-2-6-16(21)20-15/h1,4-5,7-10,17H,2-3,6H2,(H,20,21). The summed E-state index contributed by atoms with van der Waals surface area (Å²) in [5.41, 5.74) is 4.04. The lowest BCUT2D eigenvalue weighted by molar-refractivity contribution is -0.116. The van der Waals surface area contributed by atoms with E-state index in [9.17, 15) is 4.79 Å². The zero-order valence-electron chi connectivity index (χ0n) is 11.4. The Bertz CT molecular complexity index is 684. The molecule has 0 radical (unpaired) electrons. The van der Waals surface area contributed by atoms with Crippen molar-refractivity contribution in [2.45, 2.75) is 24.6 Å². The molecule has 1 unspecified atom stereocenters. The van der Waals surface area contributed by atoms with Gasteiger partial charge in [-0.2, -0.15) is 0 Å². The monoisotopic (exact) mass is 319 g/mol. The number of alkyl halides is 1. The number of fused-ring (bicyclic) bond motifs is 1. The van der Waals surface area contributed by atoms with Gasteiger partial charge in [0.25, 0.3) is 0 Å². The highest BCUT2D eigenvalue weighted by molar-refractivity contribution is 6.30. The molecule has 0 aliphatic carbocycles. The van der Waals surface area contributed by atoms with Crippen LogP contribution in [-0.2, 0) is 11.2 Å². The third kappa shape index (κ3) is 3.22. The minimum Gasteiger partial charge on any atom is -0.326 e. The number of anilines is 1. The minimum absolute atomic E-state index is 0.0822. The summed E-state index contributed by atoms with van der Waals surface area (Å²) in [5, 5.41) is 3.37. The lowest BCUT2D eigenvalue weighted by Gasteiger charge is -2.14. The summed E-state index contributed by atoms with van der Waals surface area (Å²) in [6.45, 7) is 0. The van der Waals surface area contributed by atoms with Gasteiger partial charge < -0.3 is 5.32 Å². The third-order valence-electron chi connectivity index (χ3n) is 3.69. The van der Waals surface area contributed by atoms with Crippen LogP contribution in [-0.4, -0.2) is 5.91 Å². The molecule has 0 aromatic heterocycles. The van der Waals surface area contributed by atoms with Gasteiger partial charge in [0.1, 0.15) is 0 Å². The SMILES string of the molecule is O=C1CCCc2cc(C(Cl)c3cccc(Cl)c3)ccc2N1. The van der Waals surface area contributed by atoms with Crippen LogP contribution in [0.5, 0.6) is 0 Å². The third-order valence-corrected chi connectivity index (χ3v) is 4.43. The first-order valence-electron chi connectivity index (χ1n) is 6.96. The number of carbonyl (C=O) groups is 1. The van der Waals surface area contributed by atoms with E-state index in [-0.39, 0.29) is 11.3 Å². The number of halogens is 2. The molecule has 21 heavy (non-hydrogen) atoms. The number of benzene rings is 2. The number of hydrogen-bond acceptors (Lipinski definition) is 1. The fourth-order valence-corrected chi connectivity index (χ4v) is 3.08. The van der Waals surface area contributed by atoms with Crippen molar-refractivity contribution >= 4 is 34.8 Å². The average molecular weight is 320 g/mol. The predicted octanol–water partition coefficient (Wildman–Crippen LogP) is 4.94. The fourth-order valence-electron chi connectivity index (χ4n) is 2.61. The summed E-state index contributed by atoms with van der Waals surface area (Å²) in [7, 11) is 0. The molecule has 4 heteroatoms. The van der Waals surface area contributed by atoms with E-state index < -0.39 is 0 Å². The molecule has 0 fully saturated rings. The molecule has 1 heterocycles. The molecule has 0 spiro atoms. The Kier molecular flexibility index (Phi) is 4.18. The van der Waals surface area contributed by atoms with E-state index in [0.717, 1.165) is 35.2 Å². The molecule has 1 atom stereocenters. The maximum Gasteiger partial charge on any atom is 0.224 e. The van der Waals surface area contributed by atoms with Crippen molar-refractivity contribution in [3.8, 4) is 0 Å². The number of rotatable bonds is 2. The molecule has 1 N–H and O–H groups in total. The molecule has 0 saturated heterocycles. The second kappa shape index (κ2) is 6.08. The summed E-state index contributed by atoms with van der Waals surface area (Å²) in [6.07, 6.45) is 2.33. The molecule has 1 aliphatic heterocycles. The maximum absolute atomic E-state index is 11.6. The van der Waals surface area contributed by atoms with Crippen molar-refractivity contribution in [2.75, 3.05) is 5.32 Å². The van der Waals surface area contributed by atoms with Crippen LogP contribution in [0, 0.1) is 0 Å². The van der Waals surface area contributed by atoms with Crippen molar-refractivity contribution < 1.29 is 4.79 Å². The van der Waals surface area contributed by atoms with E-state index in [2.05, 4.69) is 11.4 Å². The summed E-state index contributed by atoms with van der Waals surface area (Å²) < 4.78 is 0. The van der Waals surface area contributed by atoms with Gasteiger partial charge in [0, 0.05) is 17.1 Å². The van der Waals surface area contributed by atoms with Crippen LogP contribution in [0.3, 0.4) is 0 Å². The second-order valence-electron chi connectivity index (χ2n) is 5.24. The molecule has 1 amide bonds. The molecule has 1 aliphatic rings. The first kappa shape index (κ1) is 14.4. The first-order chi connectivity index (χ1) is 10.1. The highest BCUT2D eigenvalue weighted by atomic mass is 35.5. The van der Waals surface area contributed by atoms with Gasteiger partial charge in [0.2, 0.25) is 5.91 Å². The molecule has 2 aromatic rings. The zero-order valence-corrected chi connectivity index (χ0v) is 12.9. The van der Waals surface area contributed by atoms with Crippen LogP contribution in [0.25, 0.3) is 0 Å². The lowest BCUT2D eigenvalue weighted by Crippen LogP contribution is -2.09. The lowest BCUT2D eigenvalue weighted by atomic mass is 9.99. The number of hydrogen-bond donors (Lipinski definition) is 1. The van der Waals surface area contributed by atoms with Gasteiger partial charge in [0.15, 0.2) is 0 Å². The number of carbonyl (C=O) groups excluding carboxylic acids is 1. The Morgan fingerprint density at radius 2 is 1.86 bits per heavy atom. The summed E-state index contributed by atoms with van der Waals surface area (Å²) in [5.74, 6) is 0.0822. The highest BCUT2D eigenvalue weighted by Gasteiger charge is 2.16. The van der Waals surface area contributed by atoms with Crippen molar-refractivity contribution in [1.82, 2.24) is 0 Å². The molecule has 0 saturated carbocycles. The van der Waals surface area contributed by atoms with Crippen molar-refractivity contribution in [2.24, 2.45) is 0 Å². The van der Waals surface area contributed by atoms with Crippen LogP contribution >= 0.6 is 23.2 Å². The van der Waals surface area contributed by atoms with Gasteiger partial charge in [-0.1, -0.05) is 35.9 Å². The maximum atomic E-state index is 11.6. The van der Waals surface area contributed by atoms with Crippen LogP contribution in [0.2, 0.25) is 5.02 Å². The van der Waals surface area contributed by atoms with E-state index in [4.69, 9.17) is 23.2 Å². The van der Waals surface area contributed by atoms with E-state index in [0.29, 0.717) is 11.4 Å². The minimum atomic E-state index is -0.243. The second-order valence-corrected chi connectivity index (χ2v) is 6.11. The predicted molar refractivity (Wildman–Crippen MR) is 87.2 cm³/mol. The highest BCUT2D eigenvalue weighted by Crippen LogP contribution is 2.33. The fraction of sp³-hybridized carbons (Fsp3) is 0.235. The number of nitrogens with one attached hydrogen (secondary N) is 1. The van der Waals surface area contributed by atoms with Gasteiger partial charge in [-0.05, 0) is 47.7 Å². The van der Waals surface area contributed by atoms with E-state index >= 15 is 0 Å². The molecule has 3 rings (SSSR count). The van der Waals surface area contributed by atoms with Gasteiger partial charge in [-0.3, -0.25) is 4.79 Å². The Morgan fingerprint density at radius 1 is 1.05 bits per heavy atom. The number of amides is 1. The van der Waals surface area contributed by atoms with Gasteiger partial charge in [0.05, 0.1) is 5.38 Å². The van der Waals surface area contributed by atoms with Crippen LogP contribution in [0.4, 0.5) is 5.69 Å². The number of aryl methyl sites for hydroxylation is 1. The van der Waals surface area contributed by atoms with E-state index in [1.807, 2.05) is 36.4 Å². The van der Waals surface area contributed by atoms with Gasteiger partial charge >= 0.3 is 0 Å². The molecule has 0 bridgehead atoms. The van der Waals surface area contributed by atoms with Crippen LogP contribution < -0.4 is 5.32 Å². The molecule has 108 valence electrons. The van der Waals surface area contributed by atoms with Crippen molar-refractivity contribution in [1.29, 1.82) is 0 Å². The molecular formula is C17H15Cl2NO. The van der Waals surface area contributed by atoms with Crippen molar-refractivity contribution in [3.05, 3.63) is 64.2 Å². The van der Waals surface area contributed by atoms with Crippen LogP contribution in [0.1, 0.15) is 34.9 Å². The molecule has 2 nitrogen and oxygen atoms in total.